The Morgan fingerprint density at radius 1 is 1.24 bits per heavy atom. The van der Waals surface area contributed by atoms with Crippen LogP contribution in [0.5, 0.6) is 0 Å². The number of ketones is 1. The molecule has 1 aromatic carbocycles. The van der Waals surface area contributed by atoms with Gasteiger partial charge in [-0.1, -0.05) is 79.0 Å². The van der Waals surface area contributed by atoms with Crippen LogP contribution in [0, 0.1) is 29.1 Å². The largest absolute Gasteiger partial charge is 0.396 e. The smallest absolute Gasteiger partial charge is 0.225 e. The maximum absolute atomic E-state index is 14.2. The molecule has 7 atom stereocenters. The SMILES string of the molecule is C=C1/C=C/C=C(\[C@H]2CC[C@@]3([C@H](CCCO)/C(=C(\C)C(=O)Cc4cccc5c4CC(=O)N[C@@H]5N)CC[C@@]3(C)O)[C@@H]2O)COCC#CC/C(C)=C/C[C@@H]1NCC. The number of aliphatic hydroxyl groups is 3. The van der Waals surface area contributed by atoms with Crippen LogP contribution in [0.3, 0.4) is 0 Å². The lowest BCUT2D eigenvalue weighted by Crippen LogP contribution is -2.59. The molecule has 2 heterocycles. The van der Waals surface area contributed by atoms with Gasteiger partial charge >= 0.3 is 0 Å². The standard InChI is InChI=1S/C45H61N3O6/c1-6-47-39-19-18-29(2)12-7-8-25-54-28-33(15-9-13-30(39)3)35-21-23-45(42(35)52)38(17-11-24-49)34(20-22-44(45,5)53)31(4)40(50)26-32-14-10-16-36-37(32)27-41(51)48-43(36)46/h9-10,13-16,18,35,38-39,42-43,47,49,52-53H,3,6,11-12,17,19-28,46H2,1-2,4-5H3,(H,48,51)/b13-9+,29-18+,33-15-,34-31+/t35-,38-,39+,42-,43+,44-,45-/m1/s1. The number of fused-ring (bicyclic) bond motifs is 1. The molecule has 1 aromatic rings. The van der Waals surface area contributed by atoms with E-state index in [0.717, 1.165) is 46.4 Å². The lowest BCUT2D eigenvalue weighted by molar-refractivity contribution is -0.167. The molecule has 5 rings (SSSR count). The number of ether oxygens (including phenoxy) is 1. The molecule has 4 aliphatic rings. The summed E-state index contributed by atoms with van der Waals surface area (Å²) < 4.78 is 6.10. The third-order valence-corrected chi connectivity index (χ3v) is 12.5. The van der Waals surface area contributed by atoms with Crippen LogP contribution in [0.1, 0.15) is 102 Å². The van der Waals surface area contributed by atoms with E-state index in [4.69, 9.17) is 10.5 Å². The van der Waals surface area contributed by atoms with Crippen molar-refractivity contribution in [3.05, 3.63) is 93.6 Å². The first-order chi connectivity index (χ1) is 25.8. The number of Topliss-reactive ketones (excluding diaryl/α,β-unsaturated/α-hetero) is 1. The van der Waals surface area contributed by atoms with E-state index in [9.17, 15) is 24.9 Å². The van der Waals surface area contributed by atoms with Crippen LogP contribution in [0.15, 0.2) is 76.9 Å². The van der Waals surface area contributed by atoms with Crippen LogP contribution in [0.25, 0.3) is 0 Å². The first-order valence-corrected chi connectivity index (χ1v) is 19.7. The zero-order valence-corrected chi connectivity index (χ0v) is 32.7. The summed E-state index contributed by atoms with van der Waals surface area (Å²) in [6.45, 7) is 13.5. The number of aliphatic hydroxyl groups excluding tert-OH is 2. The number of carbonyl (C=O) groups is 2. The van der Waals surface area contributed by atoms with E-state index in [-0.39, 0.29) is 62.2 Å². The Bertz CT molecular complexity index is 1760. The van der Waals surface area contributed by atoms with Gasteiger partial charge in [-0.05, 0) is 112 Å². The van der Waals surface area contributed by atoms with E-state index in [2.05, 4.69) is 49.0 Å². The average molecular weight is 740 g/mol. The van der Waals surface area contributed by atoms with Gasteiger partial charge in [-0.2, -0.15) is 0 Å². The second-order valence-electron chi connectivity index (χ2n) is 15.9. The molecule has 1 amide bonds. The number of rotatable bonds is 9. The van der Waals surface area contributed by atoms with Crippen molar-refractivity contribution in [1.29, 1.82) is 0 Å². The second-order valence-corrected chi connectivity index (χ2v) is 15.9. The third-order valence-electron chi connectivity index (χ3n) is 12.5. The summed E-state index contributed by atoms with van der Waals surface area (Å²) in [6.07, 6.45) is 11.5. The minimum Gasteiger partial charge on any atom is -0.396 e. The van der Waals surface area contributed by atoms with Gasteiger partial charge < -0.3 is 36.4 Å². The molecule has 0 bridgehead atoms. The Morgan fingerprint density at radius 2 is 2.04 bits per heavy atom. The Kier molecular flexibility index (Phi) is 14.1. The lowest BCUT2D eigenvalue weighted by atomic mass is 9.52. The Morgan fingerprint density at radius 3 is 2.80 bits per heavy atom. The predicted octanol–water partition coefficient (Wildman–Crippen LogP) is 5.21. The first kappa shape index (κ1) is 41.5. The van der Waals surface area contributed by atoms with Crippen LogP contribution >= 0.6 is 0 Å². The monoisotopic (exact) mass is 739 g/mol. The van der Waals surface area contributed by atoms with Crippen molar-refractivity contribution in [3.63, 3.8) is 0 Å². The molecule has 2 saturated carbocycles. The first-order valence-electron chi connectivity index (χ1n) is 19.7. The maximum atomic E-state index is 14.2. The molecule has 1 spiro atoms. The number of likely N-dealkylation sites (N-methyl/N-ethyl adjacent to an activating group) is 1. The molecular formula is C45H61N3O6. The summed E-state index contributed by atoms with van der Waals surface area (Å²) in [5.41, 5.74) is 11.1. The molecule has 54 heavy (non-hydrogen) atoms. The third kappa shape index (κ3) is 8.91. The fourth-order valence-electron chi connectivity index (χ4n) is 9.50. The number of benzene rings is 1. The minimum atomic E-state index is -1.23. The van der Waals surface area contributed by atoms with Crippen molar-refractivity contribution in [3.8, 4) is 11.8 Å². The fraction of sp³-hybridized carbons (Fsp3) is 0.556. The van der Waals surface area contributed by atoms with Gasteiger partial charge in [-0.3, -0.25) is 9.59 Å². The molecule has 9 heteroatoms. The summed E-state index contributed by atoms with van der Waals surface area (Å²) in [5, 5.41) is 41.3. The van der Waals surface area contributed by atoms with Gasteiger partial charge in [0.25, 0.3) is 0 Å². The van der Waals surface area contributed by atoms with Crippen molar-refractivity contribution >= 4 is 11.7 Å². The van der Waals surface area contributed by atoms with Crippen LogP contribution in [0.2, 0.25) is 0 Å². The highest BCUT2D eigenvalue weighted by atomic mass is 16.5. The number of nitrogens with one attached hydrogen (secondary N) is 2. The van der Waals surface area contributed by atoms with Crippen molar-refractivity contribution in [1.82, 2.24) is 10.6 Å². The van der Waals surface area contributed by atoms with Gasteiger partial charge in [0.15, 0.2) is 5.78 Å². The van der Waals surface area contributed by atoms with E-state index in [0.29, 0.717) is 50.5 Å². The Labute approximate surface area is 321 Å². The summed E-state index contributed by atoms with van der Waals surface area (Å²) in [6, 6.07) is 5.73. The van der Waals surface area contributed by atoms with Crippen molar-refractivity contribution in [2.45, 2.75) is 116 Å². The van der Waals surface area contributed by atoms with Crippen LogP contribution < -0.4 is 16.4 Å². The molecule has 2 fully saturated rings. The molecule has 2 aliphatic carbocycles. The van der Waals surface area contributed by atoms with E-state index < -0.39 is 23.3 Å². The Balaban J connectivity index is 1.48. The van der Waals surface area contributed by atoms with Gasteiger partial charge in [0, 0.05) is 36.8 Å². The van der Waals surface area contributed by atoms with Gasteiger partial charge in [-0.15, -0.1) is 0 Å². The van der Waals surface area contributed by atoms with Crippen LogP contribution in [-0.2, 0) is 27.2 Å². The van der Waals surface area contributed by atoms with Gasteiger partial charge in [0.2, 0.25) is 5.91 Å². The van der Waals surface area contributed by atoms with Crippen molar-refractivity contribution < 1.29 is 29.6 Å². The molecule has 0 unspecified atom stereocenters. The van der Waals surface area contributed by atoms with E-state index in [1.165, 1.54) is 5.57 Å². The van der Waals surface area contributed by atoms with Gasteiger partial charge in [0.1, 0.15) is 12.8 Å². The Hall–Kier alpha value is -3.62. The van der Waals surface area contributed by atoms with Gasteiger partial charge in [0.05, 0.1) is 24.7 Å². The molecule has 9 nitrogen and oxygen atoms in total. The molecule has 0 aromatic heterocycles. The van der Waals surface area contributed by atoms with Crippen molar-refractivity contribution in [2.24, 2.45) is 23.0 Å². The van der Waals surface area contributed by atoms with E-state index in [1.807, 2.05) is 50.3 Å². The number of amides is 1. The number of hydrogen-bond donors (Lipinski definition) is 6. The van der Waals surface area contributed by atoms with E-state index in [1.54, 1.807) is 0 Å². The number of hydrogen-bond acceptors (Lipinski definition) is 8. The number of nitrogens with two attached hydrogens (primary N) is 1. The quantitative estimate of drug-likeness (QED) is 0.115. The normalized spacial score (nSPS) is 34.2. The number of allylic oxidation sites excluding steroid dienone is 5. The highest BCUT2D eigenvalue weighted by Crippen LogP contribution is 2.63. The molecule has 292 valence electrons. The van der Waals surface area contributed by atoms with E-state index >= 15 is 0 Å². The summed E-state index contributed by atoms with van der Waals surface area (Å²) in [7, 11) is 0. The highest BCUT2D eigenvalue weighted by molar-refractivity contribution is 5.97. The van der Waals surface area contributed by atoms with Crippen LogP contribution in [0.4, 0.5) is 0 Å². The zero-order chi connectivity index (χ0) is 39.0. The molecule has 7 N–H and O–H groups in total. The van der Waals surface area contributed by atoms with Crippen LogP contribution in [-0.4, -0.2) is 71.1 Å². The lowest BCUT2D eigenvalue weighted by Gasteiger charge is -2.55. The summed E-state index contributed by atoms with van der Waals surface area (Å²) >= 11 is 0. The number of carbonyl (C=O) groups excluding carboxylic acids is 2. The highest BCUT2D eigenvalue weighted by Gasteiger charge is 2.64. The summed E-state index contributed by atoms with van der Waals surface area (Å²) in [4.78, 5) is 26.6. The van der Waals surface area contributed by atoms with Crippen molar-refractivity contribution in [2.75, 3.05) is 26.4 Å². The maximum Gasteiger partial charge on any atom is 0.225 e. The predicted molar refractivity (Wildman–Crippen MR) is 213 cm³/mol. The zero-order valence-electron chi connectivity index (χ0n) is 32.7. The summed E-state index contributed by atoms with van der Waals surface area (Å²) in [5.74, 6) is 5.50. The molecule has 2 aliphatic heterocycles. The fourth-order valence-corrected chi connectivity index (χ4v) is 9.50. The molecule has 0 radical (unpaired) electrons. The minimum absolute atomic E-state index is 0.0371. The molecule has 0 saturated heterocycles. The second kappa shape index (κ2) is 18.3. The van der Waals surface area contributed by atoms with Gasteiger partial charge in [-0.25, -0.2) is 0 Å². The average Bonchev–Trinajstić information content (AvgIpc) is 3.48. The topological polar surface area (TPSA) is 154 Å². The molecular weight excluding hydrogens is 679 g/mol.